The average molecular weight is 542 g/mol. The van der Waals surface area contributed by atoms with Crippen molar-refractivity contribution in [1.29, 1.82) is 0 Å². The molecule has 1 aliphatic carbocycles. The number of aliphatic imine (C=N–C) groups is 1. The zero-order valence-corrected chi connectivity index (χ0v) is 20.9. The Morgan fingerprint density at radius 2 is 2.00 bits per heavy atom. The number of aryl methyl sites for hydroxylation is 1. The van der Waals surface area contributed by atoms with Crippen LogP contribution in [0.25, 0.3) is 0 Å². The van der Waals surface area contributed by atoms with Gasteiger partial charge in [-0.3, -0.25) is 4.99 Å². The second kappa shape index (κ2) is 12.8. The Morgan fingerprint density at radius 3 is 2.59 bits per heavy atom. The van der Waals surface area contributed by atoms with E-state index in [0.29, 0.717) is 12.5 Å². The second-order valence-corrected chi connectivity index (χ2v) is 9.18. The Bertz CT molecular complexity index is 730. The summed E-state index contributed by atoms with van der Waals surface area (Å²) in [4.78, 5) is 4.53. The van der Waals surface area contributed by atoms with Gasteiger partial charge in [0.2, 0.25) is 10.0 Å². The molecule has 3 N–H and O–H groups in total. The molecule has 0 atom stereocenters. The molecule has 0 radical (unpaired) electrons. The number of hydrogen-bond acceptors (Lipinski definition) is 4. The van der Waals surface area contributed by atoms with Crippen molar-refractivity contribution in [2.75, 3.05) is 39.9 Å². The van der Waals surface area contributed by atoms with E-state index < -0.39 is 10.0 Å². The van der Waals surface area contributed by atoms with Gasteiger partial charge in [0.15, 0.2) is 5.96 Å². The molecule has 0 amide bonds. The van der Waals surface area contributed by atoms with E-state index in [0.717, 1.165) is 26.2 Å². The quantitative estimate of drug-likeness (QED) is 0.173. The van der Waals surface area contributed by atoms with Crippen LogP contribution in [-0.4, -0.2) is 58.8 Å². The third-order valence-electron chi connectivity index (χ3n) is 5.32. The number of nitrogens with one attached hydrogen (secondary N) is 3. The molecule has 1 heterocycles. The zero-order valence-electron chi connectivity index (χ0n) is 17.7. The maximum atomic E-state index is 12.2. The minimum atomic E-state index is -3.48. The maximum Gasteiger partial charge on any atom is 0.242 e. The van der Waals surface area contributed by atoms with Gasteiger partial charge in [-0.2, -0.15) is 0 Å². The number of sulfonamides is 1. The third-order valence-corrected chi connectivity index (χ3v) is 6.77. The lowest BCUT2D eigenvalue weighted by molar-refractivity contribution is 0.105. The number of aromatic nitrogens is 1. The fraction of sp³-hybridized carbons (Fsp3) is 0.737. The number of ether oxygens (including phenoxy) is 1. The molecule has 10 heteroatoms. The summed E-state index contributed by atoms with van der Waals surface area (Å²) in [6.45, 7) is 5.18. The number of guanidine groups is 1. The van der Waals surface area contributed by atoms with Crippen LogP contribution in [0.4, 0.5) is 0 Å². The van der Waals surface area contributed by atoms with Crippen LogP contribution in [0.1, 0.15) is 39.0 Å². The summed E-state index contributed by atoms with van der Waals surface area (Å²) in [6, 6.07) is 1.58. The van der Waals surface area contributed by atoms with Gasteiger partial charge in [-0.25, -0.2) is 13.1 Å². The van der Waals surface area contributed by atoms with Crippen LogP contribution < -0.4 is 15.4 Å². The number of rotatable bonds is 11. The highest BCUT2D eigenvalue weighted by Gasteiger charge is 2.33. The summed E-state index contributed by atoms with van der Waals surface area (Å²) in [7, 11) is 0.0434. The van der Waals surface area contributed by atoms with Crippen molar-refractivity contribution in [1.82, 2.24) is 19.9 Å². The fourth-order valence-electron chi connectivity index (χ4n) is 3.65. The molecule has 1 saturated carbocycles. The lowest BCUT2D eigenvalue weighted by Gasteiger charge is -2.30. The first-order chi connectivity index (χ1) is 13.4. The minimum Gasteiger partial charge on any atom is -0.382 e. The highest BCUT2D eigenvalue weighted by Crippen LogP contribution is 2.40. The van der Waals surface area contributed by atoms with E-state index in [1.54, 1.807) is 37.1 Å². The molecule has 0 aliphatic heterocycles. The Balaban J connectivity index is 0.00000420. The minimum absolute atomic E-state index is 0. The monoisotopic (exact) mass is 541 g/mol. The fourth-order valence-corrected chi connectivity index (χ4v) is 4.73. The molecule has 0 bridgehead atoms. The molecule has 0 saturated heterocycles. The van der Waals surface area contributed by atoms with Crippen molar-refractivity contribution in [2.24, 2.45) is 17.5 Å². The van der Waals surface area contributed by atoms with Crippen molar-refractivity contribution in [2.45, 2.75) is 43.9 Å². The predicted octanol–water partition coefficient (Wildman–Crippen LogP) is 2.07. The SMILES string of the molecule is CCOCCC1(CNC(=NC)NCCNS(=O)(=O)c2ccn(C)c2)CCCC1.I. The van der Waals surface area contributed by atoms with Gasteiger partial charge in [0.25, 0.3) is 0 Å². The first-order valence-electron chi connectivity index (χ1n) is 10.0. The van der Waals surface area contributed by atoms with Crippen molar-refractivity contribution in [3.8, 4) is 0 Å². The summed E-state index contributed by atoms with van der Waals surface area (Å²) in [5.74, 6) is 0.696. The van der Waals surface area contributed by atoms with Gasteiger partial charge in [-0.1, -0.05) is 12.8 Å². The van der Waals surface area contributed by atoms with Crippen LogP contribution in [0.2, 0.25) is 0 Å². The predicted molar refractivity (Wildman–Crippen MR) is 127 cm³/mol. The molecule has 8 nitrogen and oxygen atoms in total. The molecule has 0 aromatic carbocycles. The van der Waals surface area contributed by atoms with Crippen LogP contribution in [0.3, 0.4) is 0 Å². The molecule has 168 valence electrons. The van der Waals surface area contributed by atoms with Crippen molar-refractivity contribution in [3.05, 3.63) is 18.5 Å². The number of halogens is 1. The normalized spacial score (nSPS) is 16.4. The summed E-state index contributed by atoms with van der Waals surface area (Å²) in [6.07, 6.45) is 9.30. The first-order valence-corrected chi connectivity index (χ1v) is 11.5. The van der Waals surface area contributed by atoms with Crippen LogP contribution in [-0.2, 0) is 21.8 Å². The first kappa shape index (κ1) is 26.2. The van der Waals surface area contributed by atoms with E-state index in [1.807, 2.05) is 6.92 Å². The summed E-state index contributed by atoms with van der Waals surface area (Å²) >= 11 is 0. The average Bonchev–Trinajstić information content (AvgIpc) is 3.31. The number of nitrogens with zero attached hydrogens (tertiary/aromatic N) is 2. The van der Waals surface area contributed by atoms with Gasteiger partial charge in [0.05, 0.1) is 4.90 Å². The molecule has 1 aromatic heterocycles. The van der Waals surface area contributed by atoms with Crippen LogP contribution in [0, 0.1) is 5.41 Å². The van der Waals surface area contributed by atoms with Crippen LogP contribution >= 0.6 is 24.0 Å². The largest absolute Gasteiger partial charge is 0.382 e. The summed E-state index contributed by atoms with van der Waals surface area (Å²) in [5.41, 5.74) is 0.266. The molecule has 0 unspecified atom stereocenters. The molecule has 29 heavy (non-hydrogen) atoms. The van der Waals surface area contributed by atoms with Crippen LogP contribution in [0.5, 0.6) is 0 Å². The van der Waals surface area contributed by atoms with Gasteiger partial charge in [0, 0.05) is 59.3 Å². The lowest BCUT2D eigenvalue weighted by atomic mass is 9.83. The maximum absolute atomic E-state index is 12.2. The van der Waals surface area contributed by atoms with E-state index in [-0.39, 0.29) is 40.8 Å². The Labute approximate surface area is 192 Å². The Hall–Kier alpha value is -0.850. The van der Waals surface area contributed by atoms with Crippen molar-refractivity contribution in [3.63, 3.8) is 0 Å². The molecule has 1 aromatic rings. The van der Waals surface area contributed by atoms with Gasteiger partial charge in [-0.05, 0) is 37.7 Å². The molecule has 1 fully saturated rings. The zero-order chi connectivity index (χ0) is 20.5. The molecule has 1 aliphatic rings. The second-order valence-electron chi connectivity index (χ2n) is 7.42. The van der Waals surface area contributed by atoms with E-state index in [1.165, 1.54) is 25.7 Å². The van der Waals surface area contributed by atoms with Crippen molar-refractivity contribution < 1.29 is 13.2 Å². The van der Waals surface area contributed by atoms with Gasteiger partial charge in [-0.15, -0.1) is 24.0 Å². The van der Waals surface area contributed by atoms with E-state index in [9.17, 15) is 8.42 Å². The topological polar surface area (TPSA) is 96.8 Å². The van der Waals surface area contributed by atoms with Crippen molar-refractivity contribution >= 4 is 40.0 Å². The summed E-state index contributed by atoms with van der Waals surface area (Å²) < 4.78 is 34.3. The molecular formula is C19H36IN5O3S. The molecule has 2 rings (SSSR count). The Kier molecular flexibility index (Phi) is 11.5. The lowest BCUT2D eigenvalue weighted by Crippen LogP contribution is -2.45. The third kappa shape index (κ3) is 8.42. The molecule has 0 spiro atoms. The van der Waals surface area contributed by atoms with E-state index in [4.69, 9.17) is 4.74 Å². The highest BCUT2D eigenvalue weighted by atomic mass is 127. The summed E-state index contributed by atoms with van der Waals surface area (Å²) in [5, 5.41) is 6.60. The highest BCUT2D eigenvalue weighted by molar-refractivity contribution is 14.0. The van der Waals surface area contributed by atoms with Crippen LogP contribution in [0.15, 0.2) is 28.3 Å². The smallest absolute Gasteiger partial charge is 0.242 e. The standard InChI is InChI=1S/C19H35N5O3S.HI/c1-4-27-14-10-19(8-5-6-9-19)16-22-18(20-2)21-11-12-23-28(25,26)17-7-13-24(3)15-17;/h7,13,15,23H,4-6,8-12,14,16H2,1-3H3,(H2,20,21,22);1H. The van der Waals surface area contributed by atoms with E-state index in [2.05, 4.69) is 20.3 Å². The van der Waals surface area contributed by atoms with Gasteiger partial charge >= 0.3 is 0 Å². The van der Waals surface area contributed by atoms with E-state index >= 15 is 0 Å². The molecular weight excluding hydrogens is 505 g/mol. The van der Waals surface area contributed by atoms with Gasteiger partial charge in [0.1, 0.15) is 0 Å². The number of hydrogen-bond donors (Lipinski definition) is 3. The van der Waals surface area contributed by atoms with Gasteiger partial charge < -0.3 is 19.9 Å². The Morgan fingerprint density at radius 1 is 1.28 bits per heavy atom.